The van der Waals surface area contributed by atoms with Gasteiger partial charge in [-0.3, -0.25) is 29.0 Å². The highest BCUT2D eigenvalue weighted by Gasteiger charge is 2.33. The van der Waals surface area contributed by atoms with Crippen molar-refractivity contribution in [1.82, 2.24) is 42.2 Å². The largest absolute Gasteiger partial charge is 0.480 e. The highest BCUT2D eigenvalue weighted by molar-refractivity contribution is 5.96. The number of guanidine groups is 1. The summed E-state index contributed by atoms with van der Waals surface area (Å²) in [7, 11) is 0. The fourth-order valence-electron chi connectivity index (χ4n) is 6.55. The van der Waals surface area contributed by atoms with Gasteiger partial charge in [0.25, 0.3) is 0 Å². The number of carbonyl (C=O) groups excluding carboxylic acids is 6. The van der Waals surface area contributed by atoms with E-state index in [9.17, 15) is 38.7 Å². The van der Waals surface area contributed by atoms with Crippen LogP contribution in [0.1, 0.15) is 85.1 Å². The topological polar surface area (TPSA) is 304 Å². The number of H-pyrrole nitrogens is 1. The van der Waals surface area contributed by atoms with Crippen LogP contribution in [0.4, 0.5) is 4.79 Å². The summed E-state index contributed by atoms with van der Waals surface area (Å²) < 4.78 is 0. The molecule has 19 heteroatoms. The summed E-state index contributed by atoms with van der Waals surface area (Å²) in [5.74, 6) is -4.58. The summed E-state index contributed by atoms with van der Waals surface area (Å²) in [6, 6.07) is -0.206. The summed E-state index contributed by atoms with van der Waals surface area (Å²) in [5, 5.41) is 29.3. The minimum atomic E-state index is -1.32. The number of hydrogen-bond donors (Lipinski definition) is 11. The Morgan fingerprint density at radius 2 is 1.47 bits per heavy atom. The Balaban J connectivity index is 1.90. The van der Waals surface area contributed by atoms with Crippen LogP contribution >= 0.6 is 0 Å². The lowest BCUT2D eigenvalue weighted by Crippen LogP contribution is -2.59. The molecular formula is C39H61N11O8. The third kappa shape index (κ3) is 15.2. The Labute approximate surface area is 338 Å². The quantitative estimate of drug-likeness (QED) is 0.0744. The van der Waals surface area contributed by atoms with Crippen molar-refractivity contribution < 1.29 is 38.7 Å². The molecule has 1 aliphatic heterocycles. The van der Waals surface area contributed by atoms with Crippen LogP contribution in [-0.2, 0) is 35.2 Å². The Kier molecular flexibility index (Phi) is 18.2. The van der Waals surface area contributed by atoms with E-state index in [1.165, 1.54) is 6.92 Å². The predicted octanol–water partition coefficient (Wildman–Crippen LogP) is 0.236. The first-order valence-corrected chi connectivity index (χ1v) is 19.8. The molecule has 7 amide bonds. The van der Waals surface area contributed by atoms with Crippen LogP contribution in [-0.4, -0.2) is 107 Å². The normalized spacial score (nSPS) is 22.3. The molecule has 1 aromatic heterocycles. The average molecular weight is 812 g/mol. The van der Waals surface area contributed by atoms with E-state index in [1.54, 1.807) is 6.20 Å². The molecule has 0 bridgehead atoms. The van der Waals surface area contributed by atoms with Crippen molar-refractivity contribution in [2.45, 2.75) is 122 Å². The number of carbonyl (C=O) groups is 7. The Hall–Kier alpha value is -5.88. The van der Waals surface area contributed by atoms with Crippen LogP contribution in [0, 0.1) is 11.8 Å². The van der Waals surface area contributed by atoms with Gasteiger partial charge in [0.1, 0.15) is 36.3 Å². The van der Waals surface area contributed by atoms with E-state index in [1.807, 2.05) is 52.0 Å². The zero-order valence-corrected chi connectivity index (χ0v) is 34.0. The molecule has 1 fully saturated rings. The average Bonchev–Trinajstić information content (AvgIpc) is 3.55. The molecule has 1 aromatic carbocycles. The summed E-state index contributed by atoms with van der Waals surface area (Å²) in [5.41, 5.74) is 12.3. The highest BCUT2D eigenvalue weighted by Crippen LogP contribution is 2.20. The van der Waals surface area contributed by atoms with E-state index in [2.05, 4.69) is 47.2 Å². The summed E-state index contributed by atoms with van der Waals surface area (Å²) in [6.07, 6.45) is 3.35. The molecule has 0 spiro atoms. The number of rotatable bonds is 13. The molecule has 58 heavy (non-hydrogen) atoms. The fourth-order valence-corrected chi connectivity index (χ4v) is 6.55. The lowest BCUT2D eigenvalue weighted by Gasteiger charge is -2.27. The molecule has 19 nitrogen and oxygen atoms in total. The molecule has 320 valence electrons. The van der Waals surface area contributed by atoms with Crippen molar-refractivity contribution in [2.24, 2.45) is 28.3 Å². The number of aliphatic imine (C=N–C) groups is 1. The number of nitrogens with two attached hydrogens (primary N) is 2. The van der Waals surface area contributed by atoms with E-state index >= 15 is 0 Å². The van der Waals surface area contributed by atoms with Gasteiger partial charge in [-0.2, -0.15) is 0 Å². The van der Waals surface area contributed by atoms with Crippen molar-refractivity contribution in [3.63, 3.8) is 0 Å². The van der Waals surface area contributed by atoms with Gasteiger partial charge in [-0.15, -0.1) is 0 Å². The number of benzene rings is 1. The number of para-hydroxylation sites is 1. The second-order valence-corrected chi connectivity index (χ2v) is 15.5. The number of aromatic nitrogens is 1. The Bertz CT molecular complexity index is 1770. The van der Waals surface area contributed by atoms with Crippen molar-refractivity contribution in [1.29, 1.82) is 0 Å². The summed E-state index contributed by atoms with van der Waals surface area (Å²) >= 11 is 0. The fraction of sp³-hybridized carbons (Fsp3) is 0.590. The third-order valence-corrected chi connectivity index (χ3v) is 9.55. The van der Waals surface area contributed by atoms with E-state index in [4.69, 9.17) is 11.5 Å². The summed E-state index contributed by atoms with van der Waals surface area (Å²) in [6.45, 7) is 9.25. The van der Waals surface area contributed by atoms with E-state index in [0.29, 0.717) is 12.8 Å². The number of aromatic amines is 1. The molecule has 1 saturated heterocycles. The van der Waals surface area contributed by atoms with Crippen molar-refractivity contribution in [3.8, 4) is 0 Å². The monoisotopic (exact) mass is 811 g/mol. The van der Waals surface area contributed by atoms with Gasteiger partial charge in [0.05, 0.1) is 0 Å². The maximum absolute atomic E-state index is 13.9. The molecule has 0 unspecified atom stereocenters. The van der Waals surface area contributed by atoms with Crippen LogP contribution in [0.5, 0.6) is 0 Å². The number of fused-ring (bicyclic) bond motifs is 1. The molecule has 1 aliphatic rings. The van der Waals surface area contributed by atoms with Gasteiger partial charge in [0.2, 0.25) is 29.5 Å². The molecule has 0 radical (unpaired) electrons. The second kappa shape index (κ2) is 22.8. The molecule has 3 rings (SSSR count). The number of carboxylic acids is 1. The van der Waals surface area contributed by atoms with Crippen molar-refractivity contribution in [3.05, 3.63) is 36.0 Å². The maximum Gasteiger partial charge on any atom is 0.326 e. The van der Waals surface area contributed by atoms with Crippen LogP contribution in [0.15, 0.2) is 35.5 Å². The first-order valence-electron chi connectivity index (χ1n) is 19.8. The van der Waals surface area contributed by atoms with Gasteiger partial charge in [-0.1, -0.05) is 45.9 Å². The number of nitrogens with one attached hydrogen (secondary N) is 8. The zero-order valence-electron chi connectivity index (χ0n) is 34.0. The molecule has 6 atom stereocenters. The van der Waals surface area contributed by atoms with Crippen molar-refractivity contribution >= 4 is 58.4 Å². The SMILES string of the molecule is CC(C)C[C@@H]1NC(=O)[C@H](C)NC(=O)[C@H](NC(=O)N[C@@H](CCCN=C(N)N)C(=O)O)CCCCNC(=O)[C@H](Cc2c[nH]c3ccccc23)NC(=O)[C@H](CC(C)C)NC1=O. The van der Waals surface area contributed by atoms with Gasteiger partial charge >= 0.3 is 12.0 Å². The van der Waals surface area contributed by atoms with Gasteiger partial charge in [0.15, 0.2) is 5.96 Å². The van der Waals surface area contributed by atoms with Gasteiger partial charge in [0, 0.05) is 36.6 Å². The highest BCUT2D eigenvalue weighted by atomic mass is 16.4. The minimum absolute atomic E-state index is 0.00159. The molecule has 2 aromatic rings. The van der Waals surface area contributed by atoms with E-state index in [0.717, 1.165) is 16.5 Å². The molecular weight excluding hydrogens is 750 g/mol. The first kappa shape index (κ1) is 46.5. The molecule has 0 aliphatic carbocycles. The number of nitrogens with zero attached hydrogens (tertiary/aromatic N) is 1. The first-order chi connectivity index (χ1) is 27.4. The second-order valence-electron chi connectivity index (χ2n) is 15.5. The lowest BCUT2D eigenvalue weighted by molar-refractivity contribution is -0.139. The van der Waals surface area contributed by atoms with E-state index in [-0.39, 0.29) is 69.4 Å². The maximum atomic E-state index is 13.9. The number of amides is 7. The lowest BCUT2D eigenvalue weighted by atomic mass is 9.99. The minimum Gasteiger partial charge on any atom is -0.480 e. The van der Waals surface area contributed by atoms with Crippen molar-refractivity contribution in [2.75, 3.05) is 13.1 Å². The Morgan fingerprint density at radius 3 is 2.09 bits per heavy atom. The van der Waals surface area contributed by atoms with Crippen LogP contribution in [0.3, 0.4) is 0 Å². The smallest absolute Gasteiger partial charge is 0.326 e. The Morgan fingerprint density at radius 1 is 0.845 bits per heavy atom. The van der Waals surface area contributed by atoms with Crippen LogP contribution in [0.25, 0.3) is 10.9 Å². The molecule has 13 N–H and O–H groups in total. The number of hydrogen-bond acceptors (Lipinski definition) is 8. The third-order valence-electron chi connectivity index (χ3n) is 9.55. The number of aliphatic carboxylic acids is 1. The number of carboxylic acid groups (broad SMARTS) is 1. The summed E-state index contributed by atoms with van der Waals surface area (Å²) in [4.78, 5) is 101. The van der Waals surface area contributed by atoms with Gasteiger partial charge in [-0.25, -0.2) is 9.59 Å². The van der Waals surface area contributed by atoms with E-state index < -0.39 is 77.8 Å². The molecule has 0 saturated carbocycles. The molecule has 2 heterocycles. The van der Waals surface area contributed by atoms with Gasteiger partial charge in [-0.05, 0) is 75.3 Å². The zero-order chi connectivity index (χ0) is 42.9. The van der Waals surface area contributed by atoms with Gasteiger partial charge < -0.3 is 58.8 Å². The van der Waals surface area contributed by atoms with Crippen LogP contribution < -0.4 is 48.7 Å². The predicted molar refractivity (Wildman–Crippen MR) is 218 cm³/mol. The van der Waals surface area contributed by atoms with Crippen LogP contribution in [0.2, 0.25) is 0 Å². The standard InChI is InChI=1S/C39H61N11O8/c1-21(2)17-29-35(54)47-30(18-22(3)4)36(55)48-31(19-24-20-44-26-12-7-6-11-25(24)26)33(52)42-15-9-8-13-27(34(53)45-23(5)32(51)46-29)49-39(58)50-28(37(56)57)14-10-16-43-38(40)41/h6-7,11-12,20-23,27-31,44H,8-10,13-19H2,1-5H3,(H,42,52)(H,45,53)(H,46,51)(H,47,54)(H,48,55)(H,56,57)(H4,40,41,43)(H2,49,50,58)/t23-,27+,28-,29-,30-,31-/m0/s1. The number of urea groups is 1.